The van der Waals surface area contributed by atoms with Gasteiger partial charge in [0, 0.05) is 36.2 Å². The minimum Gasteiger partial charge on any atom is -0.340 e. The van der Waals surface area contributed by atoms with Crippen LogP contribution in [0.15, 0.2) is 42.7 Å². The monoisotopic (exact) mass is 627 g/mol. The Labute approximate surface area is 250 Å². The van der Waals surface area contributed by atoms with Gasteiger partial charge >= 0.3 is 7.60 Å². The lowest BCUT2D eigenvalue weighted by Gasteiger charge is -2.42. The van der Waals surface area contributed by atoms with Gasteiger partial charge in [0.15, 0.2) is 0 Å². The van der Waals surface area contributed by atoms with Crippen LogP contribution in [0.2, 0.25) is 0 Å². The van der Waals surface area contributed by atoms with Gasteiger partial charge in [-0.2, -0.15) is 0 Å². The van der Waals surface area contributed by atoms with Gasteiger partial charge in [0.25, 0.3) is 5.91 Å². The lowest BCUT2D eigenvalue weighted by Crippen LogP contribution is -2.59. The van der Waals surface area contributed by atoms with E-state index in [2.05, 4.69) is 15.3 Å². The lowest BCUT2D eigenvalue weighted by molar-refractivity contribution is -0.149. The van der Waals surface area contributed by atoms with Crippen molar-refractivity contribution in [3.8, 4) is 0 Å². The van der Waals surface area contributed by atoms with E-state index >= 15 is 0 Å². The fourth-order valence-corrected chi connectivity index (χ4v) is 8.43. The van der Waals surface area contributed by atoms with Crippen LogP contribution < -0.4 is 5.32 Å². The number of nitrogens with zero attached hydrogens (tertiary/aromatic N) is 4. The summed E-state index contributed by atoms with van der Waals surface area (Å²) in [6.07, 6.45) is 7.13. The molecule has 3 amide bonds. The standard InChI is InChI=1S/C29H31FN5O6PS/c30-25(42(39,40)41)15-2-5-23-18(8-15)12-24(43-23)27(36)33-21-11-17-9-16(17)10-20-3-4-22(35(20)28(21)37)29(38)34-13-19(14-34)26-31-6-1-7-32-26/h1-2,5-8,12,16-17,19-22,25H,3-4,9-11,13-14H2,(H,33,36)(H2,39,40,41)/t16-,17+,20+,21-,22-,25?/m0/s1. The second-order valence-electron chi connectivity index (χ2n) is 12.1. The second-order valence-corrected chi connectivity index (χ2v) is 14.8. The number of hydrogen-bond donors (Lipinski definition) is 3. The first-order chi connectivity index (χ1) is 20.6. The number of halogens is 1. The Hall–Kier alpha value is -3.25. The van der Waals surface area contributed by atoms with Crippen molar-refractivity contribution >= 4 is 46.7 Å². The quantitative estimate of drug-likeness (QED) is 0.352. The van der Waals surface area contributed by atoms with Gasteiger partial charge in [0.1, 0.15) is 17.9 Å². The summed E-state index contributed by atoms with van der Waals surface area (Å²) in [7, 11) is -4.97. The minimum atomic E-state index is -4.97. The topological polar surface area (TPSA) is 153 Å². The van der Waals surface area contributed by atoms with E-state index in [9.17, 15) is 33.1 Å². The molecule has 43 heavy (non-hydrogen) atoms. The van der Waals surface area contributed by atoms with Crippen molar-refractivity contribution in [2.75, 3.05) is 13.1 Å². The van der Waals surface area contributed by atoms with E-state index in [1.165, 1.54) is 18.2 Å². The van der Waals surface area contributed by atoms with Crippen LogP contribution in [-0.2, 0) is 14.2 Å². The van der Waals surface area contributed by atoms with Crippen LogP contribution in [0.3, 0.4) is 0 Å². The molecule has 4 fully saturated rings. The Bertz CT molecular complexity index is 1640. The summed E-state index contributed by atoms with van der Waals surface area (Å²) in [5, 5.41) is 3.41. The van der Waals surface area contributed by atoms with Crippen molar-refractivity contribution in [3.63, 3.8) is 0 Å². The molecule has 0 bridgehead atoms. The van der Waals surface area contributed by atoms with Crippen molar-refractivity contribution in [1.82, 2.24) is 25.1 Å². The number of benzene rings is 1. The van der Waals surface area contributed by atoms with E-state index in [1.54, 1.807) is 34.3 Å². The molecule has 2 aromatic heterocycles. The van der Waals surface area contributed by atoms with Crippen LogP contribution in [-0.4, -0.2) is 78.5 Å². The van der Waals surface area contributed by atoms with E-state index in [4.69, 9.17) is 0 Å². The SMILES string of the molecule is O=C(N[C@H]1C[C@H]2C[C@H]2C[C@H]2CC[C@@H](C(=O)N3CC(c4ncccn4)C3)N2C1=O)c1cc2cc(C(F)P(=O)(O)O)ccc2s1. The van der Waals surface area contributed by atoms with Gasteiger partial charge in [-0.15, -0.1) is 11.3 Å². The lowest BCUT2D eigenvalue weighted by atomic mass is 9.97. The van der Waals surface area contributed by atoms with Gasteiger partial charge < -0.3 is 24.9 Å². The van der Waals surface area contributed by atoms with E-state index in [-0.39, 0.29) is 29.3 Å². The predicted octanol–water partition coefficient (Wildman–Crippen LogP) is 3.35. The van der Waals surface area contributed by atoms with Gasteiger partial charge in [0.2, 0.25) is 17.7 Å². The third-order valence-corrected chi connectivity index (χ3v) is 11.3. The summed E-state index contributed by atoms with van der Waals surface area (Å²) in [6, 6.07) is 6.09. The summed E-state index contributed by atoms with van der Waals surface area (Å²) in [6.45, 7) is 1.03. The summed E-state index contributed by atoms with van der Waals surface area (Å²) in [5.74, 6) is -1.57. The van der Waals surface area contributed by atoms with Gasteiger partial charge in [-0.3, -0.25) is 18.9 Å². The Morgan fingerprint density at radius 1 is 1.07 bits per heavy atom. The van der Waals surface area contributed by atoms with Crippen LogP contribution in [0.25, 0.3) is 10.1 Å². The molecule has 1 saturated carbocycles. The predicted molar refractivity (Wildman–Crippen MR) is 155 cm³/mol. The molecule has 3 aliphatic heterocycles. The number of fused-ring (bicyclic) bond motifs is 3. The molecular formula is C29H31FN5O6PS. The maximum absolute atomic E-state index is 14.3. The van der Waals surface area contributed by atoms with Crippen molar-refractivity contribution in [3.05, 3.63) is 59.0 Å². The van der Waals surface area contributed by atoms with Crippen molar-refractivity contribution in [2.24, 2.45) is 11.8 Å². The van der Waals surface area contributed by atoms with Gasteiger partial charge in [-0.25, -0.2) is 14.4 Å². The molecule has 4 aliphatic rings. The Morgan fingerprint density at radius 3 is 2.56 bits per heavy atom. The highest BCUT2D eigenvalue weighted by molar-refractivity contribution is 7.51. The Morgan fingerprint density at radius 2 is 1.81 bits per heavy atom. The molecule has 5 heterocycles. The molecule has 0 radical (unpaired) electrons. The first-order valence-corrected chi connectivity index (χ1v) is 17.0. The van der Waals surface area contributed by atoms with E-state index in [1.807, 2.05) is 0 Å². The number of alkyl halides is 1. The number of nitrogens with one attached hydrogen (secondary N) is 1. The zero-order valence-corrected chi connectivity index (χ0v) is 24.8. The number of thiophene rings is 1. The molecule has 1 aromatic carbocycles. The van der Waals surface area contributed by atoms with Crippen LogP contribution in [0.5, 0.6) is 0 Å². The fraction of sp³-hybridized carbons (Fsp3) is 0.483. The molecule has 3 saturated heterocycles. The van der Waals surface area contributed by atoms with Crippen LogP contribution in [0.4, 0.5) is 4.39 Å². The third kappa shape index (κ3) is 5.37. The molecule has 14 heteroatoms. The number of rotatable bonds is 6. The molecule has 7 rings (SSSR count). The zero-order chi connectivity index (χ0) is 30.0. The van der Waals surface area contributed by atoms with Crippen LogP contribution >= 0.6 is 18.9 Å². The second kappa shape index (κ2) is 10.7. The first-order valence-electron chi connectivity index (χ1n) is 14.5. The Balaban J connectivity index is 1.07. The molecule has 1 unspecified atom stereocenters. The zero-order valence-electron chi connectivity index (χ0n) is 23.1. The van der Waals surface area contributed by atoms with Gasteiger partial charge in [-0.05, 0) is 79.2 Å². The molecule has 11 nitrogen and oxygen atoms in total. The molecule has 226 valence electrons. The first kappa shape index (κ1) is 28.5. The molecule has 0 spiro atoms. The average molecular weight is 628 g/mol. The summed E-state index contributed by atoms with van der Waals surface area (Å²) in [5.41, 5.74) is -0.166. The van der Waals surface area contributed by atoms with E-state index in [0.717, 1.165) is 30.6 Å². The molecule has 1 aliphatic carbocycles. The number of likely N-dealkylation sites (tertiary alicyclic amines) is 1. The number of hydrogen-bond acceptors (Lipinski definition) is 7. The van der Waals surface area contributed by atoms with Gasteiger partial charge in [0.05, 0.1) is 10.8 Å². The highest BCUT2D eigenvalue weighted by Gasteiger charge is 2.52. The molecular weight excluding hydrogens is 596 g/mol. The highest BCUT2D eigenvalue weighted by atomic mass is 32.1. The molecule has 6 atom stereocenters. The number of carbonyl (C=O) groups excluding carboxylic acids is 3. The van der Waals surface area contributed by atoms with Crippen molar-refractivity contribution < 1.29 is 33.1 Å². The molecule has 3 N–H and O–H groups in total. The minimum absolute atomic E-state index is 0.0314. The number of amides is 3. The van der Waals surface area contributed by atoms with Crippen molar-refractivity contribution in [1.29, 1.82) is 0 Å². The van der Waals surface area contributed by atoms with Crippen LogP contribution in [0.1, 0.15) is 65.0 Å². The highest BCUT2D eigenvalue weighted by Crippen LogP contribution is 2.53. The third-order valence-electron chi connectivity index (χ3n) is 9.31. The van der Waals surface area contributed by atoms with Crippen LogP contribution in [0, 0.1) is 11.8 Å². The summed E-state index contributed by atoms with van der Waals surface area (Å²) in [4.78, 5) is 71.9. The summed E-state index contributed by atoms with van der Waals surface area (Å²) < 4.78 is 26.3. The fourth-order valence-electron chi connectivity index (χ4n) is 6.93. The Kier molecular flexibility index (Phi) is 7.11. The summed E-state index contributed by atoms with van der Waals surface area (Å²) >= 11 is 1.16. The maximum atomic E-state index is 14.3. The maximum Gasteiger partial charge on any atom is 0.363 e. The van der Waals surface area contributed by atoms with Crippen molar-refractivity contribution in [2.45, 2.75) is 62.1 Å². The van der Waals surface area contributed by atoms with E-state index < -0.39 is 31.5 Å². The molecule has 3 aromatic rings. The smallest absolute Gasteiger partial charge is 0.340 e. The number of carbonyl (C=O) groups is 3. The van der Waals surface area contributed by atoms with Gasteiger partial charge in [-0.1, -0.05) is 6.07 Å². The number of aromatic nitrogens is 2. The van der Waals surface area contributed by atoms with E-state index in [0.29, 0.717) is 58.6 Å². The normalized spacial score (nSPS) is 28.0. The average Bonchev–Trinajstić information content (AvgIpc) is 3.33. The largest absolute Gasteiger partial charge is 0.363 e.